The fourth-order valence-corrected chi connectivity index (χ4v) is 2.30. The summed E-state index contributed by atoms with van der Waals surface area (Å²) in [6.07, 6.45) is 0. The second-order valence-corrected chi connectivity index (χ2v) is 4.91. The highest BCUT2D eigenvalue weighted by Crippen LogP contribution is 2.26. The summed E-state index contributed by atoms with van der Waals surface area (Å²) in [6, 6.07) is 13.5. The Kier molecular flexibility index (Phi) is 4.76. The summed E-state index contributed by atoms with van der Waals surface area (Å²) in [5.74, 6) is 0.479. The van der Waals surface area contributed by atoms with E-state index in [9.17, 15) is 0 Å². The number of para-hydroxylation sites is 1. The van der Waals surface area contributed by atoms with Crippen molar-refractivity contribution in [3.8, 4) is 0 Å². The summed E-state index contributed by atoms with van der Waals surface area (Å²) < 4.78 is 0. The minimum atomic E-state index is 0.479. The molecule has 0 saturated heterocycles. The molecule has 1 nitrogen and oxygen atoms in total. The number of benzene rings is 2. The maximum atomic E-state index is 6.14. The lowest BCUT2D eigenvalue weighted by molar-refractivity contribution is 1.14. The summed E-state index contributed by atoms with van der Waals surface area (Å²) in [7, 11) is 0. The van der Waals surface area contributed by atoms with Crippen molar-refractivity contribution >= 4 is 40.5 Å². The third-order valence-corrected chi connectivity index (χ3v) is 3.81. The fourth-order valence-electron chi connectivity index (χ4n) is 1.68. The van der Waals surface area contributed by atoms with Gasteiger partial charge >= 0.3 is 0 Å². The second kappa shape index (κ2) is 6.33. The quantitative estimate of drug-likeness (QED) is 0.751. The predicted octanol–water partition coefficient (Wildman–Crippen LogP) is 5.34. The highest BCUT2D eigenvalue weighted by Gasteiger charge is 2.05. The first kappa shape index (κ1) is 13.5. The number of hydrogen-bond acceptors (Lipinski definition) is 1. The molecule has 0 radical (unpaired) electrons. The Morgan fingerprint density at radius 3 is 2.39 bits per heavy atom. The average Bonchev–Trinajstić information content (AvgIpc) is 2.41. The van der Waals surface area contributed by atoms with Crippen molar-refractivity contribution in [2.75, 3.05) is 5.32 Å². The van der Waals surface area contributed by atoms with Gasteiger partial charge in [0.15, 0.2) is 0 Å². The zero-order valence-corrected chi connectivity index (χ0v) is 11.9. The Hall–Kier alpha value is -0.890. The van der Waals surface area contributed by atoms with E-state index in [1.807, 2.05) is 36.4 Å². The van der Waals surface area contributed by atoms with Crippen LogP contribution in [0.25, 0.3) is 0 Å². The fraction of sp³-hybridized carbons (Fsp3) is 0.143. The van der Waals surface area contributed by atoms with Crippen LogP contribution in [-0.2, 0) is 12.4 Å². The highest BCUT2D eigenvalue weighted by atomic mass is 35.5. The standard InChI is InChI=1S/C14H12Cl3N/c15-8-10-4-1-2-7-13(10)18-9-11-5-3-6-12(16)14(11)17/h1-7,18H,8-9H2. The van der Waals surface area contributed by atoms with E-state index in [1.165, 1.54) is 0 Å². The largest absolute Gasteiger partial charge is 0.381 e. The average molecular weight is 301 g/mol. The third-order valence-electron chi connectivity index (χ3n) is 2.66. The Balaban J connectivity index is 2.14. The van der Waals surface area contributed by atoms with Gasteiger partial charge in [0.1, 0.15) is 0 Å². The van der Waals surface area contributed by atoms with Crippen LogP contribution in [0.1, 0.15) is 11.1 Å². The van der Waals surface area contributed by atoms with E-state index in [1.54, 1.807) is 6.07 Å². The number of anilines is 1. The smallest absolute Gasteiger partial charge is 0.0642 e. The molecular weight excluding hydrogens is 289 g/mol. The number of nitrogens with one attached hydrogen (secondary N) is 1. The van der Waals surface area contributed by atoms with Gasteiger partial charge in [-0.2, -0.15) is 0 Å². The molecule has 1 N–H and O–H groups in total. The molecule has 0 bridgehead atoms. The number of rotatable bonds is 4. The Bertz CT molecular complexity index is 540. The van der Waals surface area contributed by atoms with Gasteiger partial charge in [-0.05, 0) is 23.3 Å². The summed E-state index contributed by atoms with van der Waals surface area (Å²) >= 11 is 18.0. The first-order valence-corrected chi connectivity index (χ1v) is 6.82. The molecule has 4 heteroatoms. The van der Waals surface area contributed by atoms with Crippen LogP contribution < -0.4 is 5.32 Å². The molecule has 2 aromatic rings. The Labute approximate surface area is 122 Å². The van der Waals surface area contributed by atoms with Crippen LogP contribution in [0, 0.1) is 0 Å². The molecule has 0 atom stereocenters. The first-order valence-electron chi connectivity index (χ1n) is 5.53. The summed E-state index contributed by atoms with van der Waals surface area (Å²) in [6.45, 7) is 0.618. The van der Waals surface area contributed by atoms with Gasteiger partial charge in [0.2, 0.25) is 0 Å². The van der Waals surface area contributed by atoms with E-state index >= 15 is 0 Å². The van der Waals surface area contributed by atoms with E-state index in [4.69, 9.17) is 34.8 Å². The lowest BCUT2D eigenvalue weighted by Gasteiger charge is -2.11. The Morgan fingerprint density at radius 1 is 0.889 bits per heavy atom. The van der Waals surface area contributed by atoms with Gasteiger partial charge in [-0.3, -0.25) is 0 Å². The third kappa shape index (κ3) is 3.11. The van der Waals surface area contributed by atoms with Crippen molar-refractivity contribution in [1.82, 2.24) is 0 Å². The van der Waals surface area contributed by atoms with Crippen molar-refractivity contribution < 1.29 is 0 Å². The van der Waals surface area contributed by atoms with Crippen molar-refractivity contribution in [2.24, 2.45) is 0 Å². The van der Waals surface area contributed by atoms with E-state index in [0.29, 0.717) is 22.5 Å². The van der Waals surface area contributed by atoms with E-state index in [-0.39, 0.29) is 0 Å². The van der Waals surface area contributed by atoms with Crippen LogP contribution in [0.3, 0.4) is 0 Å². The van der Waals surface area contributed by atoms with Crippen molar-refractivity contribution in [3.63, 3.8) is 0 Å². The van der Waals surface area contributed by atoms with Crippen molar-refractivity contribution in [3.05, 3.63) is 63.6 Å². The van der Waals surface area contributed by atoms with Crippen molar-refractivity contribution in [1.29, 1.82) is 0 Å². The molecule has 0 heterocycles. The SMILES string of the molecule is ClCc1ccccc1NCc1cccc(Cl)c1Cl. The van der Waals surface area contributed by atoms with E-state index in [0.717, 1.165) is 16.8 Å². The zero-order chi connectivity index (χ0) is 13.0. The Morgan fingerprint density at radius 2 is 1.61 bits per heavy atom. The van der Waals surface area contributed by atoms with Gasteiger partial charge in [-0.25, -0.2) is 0 Å². The summed E-state index contributed by atoms with van der Waals surface area (Å²) in [5.41, 5.74) is 3.05. The van der Waals surface area contributed by atoms with Gasteiger partial charge in [-0.15, -0.1) is 11.6 Å². The molecule has 0 aliphatic carbocycles. The molecule has 2 rings (SSSR count). The monoisotopic (exact) mass is 299 g/mol. The minimum absolute atomic E-state index is 0.479. The number of hydrogen-bond donors (Lipinski definition) is 1. The van der Waals surface area contributed by atoms with Gasteiger partial charge < -0.3 is 5.32 Å². The van der Waals surface area contributed by atoms with Gasteiger partial charge in [0.05, 0.1) is 10.0 Å². The minimum Gasteiger partial charge on any atom is -0.381 e. The molecular formula is C14H12Cl3N. The molecule has 0 spiro atoms. The van der Waals surface area contributed by atoms with Gasteiger partial charge in [0, 0.05) is 18.1 Å². The molecule has 0 fully saturated rings. The van der Waals surface area contributed by atoms with Gasteiger partial charge in [-0.1, -0.05) is 53.5 Å². The molecule has 0 amide bonds. The van der Waals surface area contributed by atoms with E-state index in [2.05, 4.69) is 5.32 Å². The predicted molar refractivity (Wildman–Crippen MR) is 79.8 cm³/mol. The normalized spacial score (nSPS) is 10.4. The molecule has 0 aromatic heterocycles. The van der Waals surface area contributed by atoms with Crippen molar-refractivity contribution in [2.45, 2.75) is 12.4 Å². The lowest BCUT2D eigenvalue weighted by Crippen LogP contribution is -2.02. The number of halogens is 3. The van der Waals surface area contributed by atoms with E-state index < -0.39 is 0 Å². The molecule has 18 heavy (non-hydrogen) atoms. The maximum Gasteiger partial charge on any atom is 0.0642 e. The van der Waals surface area contributed by atoms with Crippen LogP contribution in [0.4, 0.5) is 5.69 Å². The van der Waals surface area contributed by atoms with Crippen LogP contribution >= 0.6 is 34.8 Å². The highest BCUT2D eigenvalue weighted by molar-refractivity contribution is 6.42. The second-order valence-electron chi connectivity index (χ2n) is 3.86. The van der Waals surface area contributed by atoms with Crippen LogP contribution in [-0.4, -0.2) is 0 Å². The van der Waals surface area contributed by atoms with Crippen LogP contribution in [0.2, 0.25) is 10.0 Å². The maximum absolute atomic E-state index is 6.14. The topological polar surface area (TPSA) is 12.0 Å². The molecule has 94 valence electrons. The van der Waals surface area contributed by atoms with Gasteiger partial charge in [0.25, 0.3) is 0 Å². The molecule has 0 aliphatic rings. The van der Waals surface area contributed by atoms with Crippen LogP contribution in [0.5, 0.6) is 0 Å². The molecule has 0 unspecified atom stereocenters. The number of alkyl halides is 1. The molecule has 0 saturated carbocycles. The summed E-state index contributed by atoms with van der Waals surface area (Å²) in [4.78, 5) is 0. The first-order chi connectivity index (χ1) is 8.72. The summed E-state index contributed by atoms with van der Waals surface area (Å²) in [5, 5.41) is 4.48. The van der Waals surface area contributed by atoms with Crippen LogP contribution in [0.15, 0.2) is 42.5 Å². The zero-order valence-electron chi connectivity index (χ0n) is 9.59. The molecule has 2 aromatic carbocycles. The molecule has 0 aliphatic heterocycles. The lowest BCUT2D eigenvalue weighted by atomic mass is 10.1.